The van der Waals surface area contributed by atoms with E-state index >= 15 is 0 Å². The van der Waals surface area contributed by atoms with Crippen LogP contribution in [0.25, 0.3) is 0 Å². The van der Waals surface area contributed by atoms with Gasteiger partial charge in [-0.1, -0.05) is 31.5 Å². The maximum Gasteiger partial charge on any atom is 0.0892 e. The molecule has 10 heavy (non-hydrogen) atoms. The molecule has 60 valence electrons. The number of aliphatic hydroxyl groups is 1. The molecule has 0 saturated carbocycles. The normalized spacial score (nSPS) is 24.4. The van der Waals surface area contributed by atoms with Crippen molar-refractivity contribution in [2.75, 3.05) is 0 Å². The summed E-state index contributed by atoms with van der Waals surface area (Å²) in [7, 11) is 0. The van der Waals surface area contributed by atoms with Gasteiger partial charge in [-0.15, -0.1) is 0 Å². The van der Waals surface area contributed by atoms with Crippen molar-refractivity contribution >= 4 is 11.6 Å². The lowest BCUT2D eigenvalue weighted by Crippen LogP contribution is -2.09. The van der Waals surface area contributed by atoms with Crippen LogP contribution in [0.5, 0.6) is 0 Å². The Balaban J connectivity index is 0.000000371. The Morgan fingerprint density at radius 1 is 1.60 bits per heavy atom. The Labute approximate surface area is 67.7 Å². The van der Waals surface area contributed by atoms with Gasteiger partial charge in [-0.25, -0.2) is 0 Å². The van der Waals surface area contributed by atoms with Crippen molar-refractivity contribution in [3.63, 3.8) is 0 Å². The van der Waals surface area contributed by atoms with Crippen molar-refractivity contribution < 1.29 is 5.11 Å². The van der Waals surface area contributed by atoms with Crippen LogP contribution in [0, 0.1) is 0 Å². The summed E-state index contributed by atoms with van der Waals surface area (Å²) >= 11 is 5.58. The number of halogens is 1. The first kappa shape index (κ1) is 9.99. The standard InChI is InChI=1S/C6H9ClO.C2H6/c7-5-3-1-2-4-6(5)8;1-2/h3,6,8H,1-2,4H2;1-2H3. The molecule has 0 aromatic rings. The Morgan fingerprint density at radius 2 is 2.20 bits per heavy atom. The average molecular weight is 163 g/mol. The molecular weight excluding hydrogens is 148 g/mol. The van der Waals surface area contributed by atoms with Gasteiger partial charge in [0.15, 0.2) is 0 Å². The molecule has 0 amide bonds. The second-order valence-corrected chi connectivity index (χ2v) is 2.47. The van der Waals surface area contributed by atoms with E-state index in [1.54, 1.807) is 0 Å². The fourth-order valence-corrected chi connectivity index (χ4v) is 1.04. The minimum atomic E-state index is -0.370. The van der Waals surface area contributed by atoms with Gasteiger partial charge in [0.05, 0.1) is 6.10 Å². The summed E-state index contributed by atoms with van der Waals surface area (Å²) in [6.45, 7) is 4.00. The topological polar surface area (TPSA) is 20.2 Å². The highest BCUT2D eigenvalue weighted by molar-refractivity contribution is 6.30. The van der Waals surface area contributed by atoms with Crippen LogP contribution in [-0.4, -0.2) is 11.2 Å². The van der Waals surface area contributed by atoms with Crippen molar-refractivity contribution in [2.45, 2.75) is 39.2 Å². The fourth-order valence-electron chi connectivity index (χ4n) is 0.825. The molecule has 0 fully saturated rings. The zero-order chi connectivity index (χ0) is 7.98. The summed E-state index contributed by atoms with van der Waals surface area (Å²) in [5.74, 6) is 0. The number of allylic oxidation sites excluding steroid dienone is 1. The highest BCUT2D eigenvalue weighted by Crippen LogP contribution is 2.20. The molecule has 0 bridgehead atoms. The molecule has 1 unspecified atom stereocenters. The van der Waals surface area contributed by atoms with E-state index in [1.165, 1.54) is 0 Å². The van der Waals surface area contributed by atoms with Gasteiger partial charge in [0.2, 0.25) is 0 Å². The molecule has 1 nitrogen and oxygen atoms in total. The van der Waals surface area contributed by atoms with Crippen LogP contribution in [-0.2, 0) is 0 Å². The molecule has 1 rings (SSSR count). The Bertz CT molecular complexity index is 110. The summed E-state index contributed by atoms with van der Waals surface area (Å²) in [6.07, 6.45) is 4.43. The van der Waals surface area contributed by atoms with Crippen LogP contribution in [0.15, 0.2) is 11.1 Å². The van der Waals surface area contributed by atoms with Crippen LogP contribution in [0.2, 0.25) is 0 Å². The lowest BCUT2D eigenvalue weighted by atomic mass is 10.1. The third kappa shape index (κ3) is 3.23. The largest absolute Gasteiger partial charge is 0.388 e. The maximum atomic E-state index is 8.98. The number of aliphatic hydroxyl groups excluding tert-OH is 1. The SMILES string of the molecule is CC.OC1CCCC=C1Cl. The van der Waals surface area contributed by atoms with E-state index in [0.717, 1.165) is 19.3 Å². The minimum Gasteiger partial charge on any atom is -0.388 e. The molecule has 0 spiro atoms. The van der Waals surface area contributed by atoms with Gasteiger partial charge >= 0.3 is 0 Å². The molecule has 1 aliphatic carbocycles. The summed E-state index contributed by atoms with van der Waals surface area (Å²) in [4.78, 5) is 0. The minimum absolute atomic E-state index is 0.370. The molecule has 1 atom stereocenters. The Hall–Kier alpha value is -0.0100. The second kappa shape index (κ2) is 5.75. The van der Waals surface area contributed by atoms with E-state index in [4.69, 9.17) is 16.7 Å². The van der Waals surface area contributed by atoms with Gasteiger partial charge in [-0.3, -0.25) is 0 Å². The third-order valence-corrected chi connectivity index (χ3v) is 1.75. The van der Waals surface area contributed by atoms with Gasteiger partial charge in [-0.2, -0.15) is 0 Å². The maximum absolute atomic E-state index is 8.98. The van der Waals surface area contributed by atoms with Crippen molar-refractivity contribution in [3.8, 4) is 0 Å². The van der Waals surface area contributed by atoms with Crippen LogP contribution < -0.4 is 0 Å². The number of hydrogen-bond acceptors (Lipinski definition) is 1. The van der Waals surface area contributed by atoms with Crippen molar-refractivity contribution in [1.29, 1.82) is 0 Å². The number of rotatable bonds is 0. The summed E-state index contributed by atoms with van der Waals surface area (Å²) in [5, 5.41) is 9.60. The molecule has 0 heterocycles. The van der Waals surface area contributed by atoms with E-state index in [-0.39, 0.29) is 6.10 Å². The zero-order valence-corrected chi connectivity index (χ0v) is 7.36. The Kier molecular flexibility index (Phi) is 5.74. The second-order valence-electron chi connectivity index (χ2n) is 2.04. The first-order valence-electron chi connectivity index (χ1n) is 3.84. The zero-order valence-electron chi connectivity index (χ0n) is 6.60. The van der Waals surface area contributed by atoms with Gasteiger partial charge in [0, 0.05) is 5.03 Å². The Morgan fingerprint density at radius 3 is 2.50 bits per heavy atom. The molecule has 2 heteroatoms. The molecule has 0 aromatic heterocycles. The molecule has 1 N–H and O–H groups in total. The fraction of sp³-hybridized carbons (Fsp3) is 0.750. The van der Waals surface area contributed by atoms with Crippen LogP contribution >= 0.6 is 11.6 Å². The van der Waals surface area contributed by atoms with Crippen molar-refractivity contribution in [1.82, 2.24) is 0 Å². The van der Waals surface area contributed by atoms with Crippen molar-refractivity contribution in [3.05, 3.63) is 11.1 Å². The van der Waals surface area contributed by atoms with E-state index in [2.05, 4.69) is 0 Å². The first-order chi connectivity index (χ1) is 4.80. The quantitative estimate of drug-likeness (QED) is 0.581. The summed E-state index contributed by atoms with van der Waals surface area (Å²) < 4.78 is 0. The molecule has 0 saturated heterocycles. The van der Waals surface area contributed by atoms with Crippen LogP contribution in [0.4, 0.5) is 0 Å². The van der Waals surface area contributed by atoms with E-state index in [9.17, 15) is 0 Å². The molecule has 0 radical (unpaired) electrons. The summed E-state index contributed by atoms with van der Waals surface area (Å²) in [6, 6.07) is 0. The molecule has 0 aliphatic heterocycles. The monoisotopic (exact) mass is 162 g/mol. The van der Waals surface area contributed by atoms with E-state index in [1.807, 2.05) is 19.9 Å². The summed E-state index contributed by atoms with van der Waals surface area (Å²) in [5.41, 5.74) is 0. The van der Waals surface area contributed by atoms with Gasteiger partial charge in [0.25, 0.3) is 0 Å². The third-order valence-electron chi connectivity index (χ3n) is 1.34. The molecule has 1 aliphatic rings. The predicted octanol–water partition coefficient (Wildman–Crippen LogP) is 2.68. The first-order valence-corrected chi connectivity index (χ1v) is 4.22. The van der Waals surface area contributed by atoms with Gasteiger partial charge < -0.3 is 5.11 Å². The highest BCUT2D eigenvalue weighted by Gasteiger charge is 2.10. The number of hydrogen-bond donors (Lipinski definition) is 1. The predicted molar refractivity (Wildman–Crippen MR) is 45.1 cm³/mol. The van der Waals surface area contributed by atoms with Gasteiger partial charge in [-0.05, 0) is 19.3 Å². The lowest BCUT2D eigenvalue weighted by molar-refractivity contribution is 0.199. The van der Waals surface area contributed by atoms with Gasteiger partial charge in [0.1, 0.15) is 0 Å². The van der Waals surface area contributed by atoms with E-state index < -0.39 is 0 Å². The lowest BCUT2D eigenvalue weighted by Gasteiger charge is -2.12. The average Bonchev–Trinajstić information content (AvgIpc) is 2.00. The van der Waals surface area contributed by atoms with Crippen LogP contribution in [0.1, 0.15) is 33.1 Å². The highest BCUT2D eigenvalue weighted by atomic mass is 35.5. The van der Waals surface area contributed by atoms with Crippen molar-refractivity contribution in [2.24, 2.45) is 0 Å². The smallest absolute Gasteiger partial charge is 0.0892 e. The molecular formula is C8H15ClO. The van der Waals surface area contributed by atoms with Crippen LogP contribution in [0.3, 0.4) is 0 Å². The van der Waals surface area contributed by atoms with E-state index in [0.29, 0.717) is 5.03 Å². The molecule has 0 aromatic carbocycles.